The van der Waals surface area contributed by atoms with Gasteiger partial charge in [-0.15, -0.1) is 12.4 Å². The van der Waals surface area contributed by atoms with Gasteiger partial charge in [0.25, 0.3) is 0 Å². The summed E-state index contributed by atoms with van der Waals surface area (Å²) >= 11 is 5.78. The van der Waals surface area contributed by atoms with Gasteiger partial charge >= 0.3 is 6.18 Å². The molecule has 4 nitrogen and oxygen atoms in total. The molecule has 1 saturated heterocycles. The van der Waals surface area contributed by atoms with Crippen LogP contribution in [0, 0.1) is 5.92 Å². The summed E-state index contributed by atoms with van der Waals surface area (Å²) in [6, 6.07) is 2.99. The van der Waals surface area contributed by atoms with E-state index >= 15 is 0 Å². The molecule has 2 rings (SSSR count). The van der Waals surface area contributed by atoms with Crippen LogP contribution in [0.2, 0.25) is 5.02 Å². The lowest BCUT2D eigenvalue weighted by Gasteiger charge is -2.21. The van der Waals surface area contributed by atoms with Crippen LogP contribution in [0.3, 0.4) is 0 Å². The first kappa shape index (κ1) is 20.5. The summed E-state index contributed by atoms with van der Waals surface area (Å²) in [5.74, 6) is 0.0802. The predicted molar refractivity (Wildman–Crippen MR) is 84.5 cm³/mol. The van der Waals surface area contributed by atoms with Gasteiger partial charge < -0.3 is 5.32 Å². The number of nitrogens with zero attached hydrogens (tertiary/aromatic N) is 1. The maximum absolute atomic E-state index is 13.1. The van der Waals surface area contributed by atoms with Gasteiger partial charge in [0.1, 0.15) is 4.90 Å². The van der Waals surface area contributed by atoms with Crippen LogP contribution in [0.5, 0.6) is 0 Å². The molecule has 1 aromatic carbocycles. The Morgan fingerprint density at radius 2 is 2.04 bits per heavy atom. The average Bonchev–Trinajstić information content (AvgIpc) is 2.87. The summed E-state index contributed by atoms with van der Waals surface area (Å²) in [6.07, 6.45) is -4.18. The highest BCUT2D eigenvalue weighted by atomic mass is 35.5. The van der Waals surface area contributed by atoms with Crippen molar-refractivity contribution in [3.63, 3.8) is 0 Å². The van der Waals surface area contributed by atoms with Crippen molar-refractivity contribution >= 4 is 34.0 Å². The Kier molecular flexibility index (Phi) is 6.74. The number of halogens is 5. The number of alkyl halides is 3. The summed E-state index contributed by atoms with van der Waals surface area (Å²) in [5.41, 5.74) is -1.22. The number of benzene rings is 1. The minimum absolute atomic E-state index is 0. The fourth-order valence-electron chi connectivity index (χ4n) is 2.59. The molecule has 0 aromatic heterocycles. The highest BCUT2D eigenvalue weighted by molar-refractivity contribution is 7.89. The van der Waals surface area contributed by atoms with Gasteiger partial charge in [-0.2, -0.15) is 17.5 Å². The molecule has 1 aliphatic rings. The molecular weight excluding hydrogens is 376 g/mol. The van der Waals surface area contributed by atoms with Gasteiger partial charge in [-0.25, -0.2) is 8.42 Å². The third kappa shape index (κ3) is 4.30. The Morgan fingerprint density at radius 3 is 2.61 bits per heavy atom. The minimum atomic E-state index is -4.78. The molecule has 0 radical (unpaired) electrons. The standard InChI is InChI=1S/C13H16ClF3N2O2S.ClH/c1-18-7-9-5-6-19(8-9)22(20,21)12-10(13(15,16)17)3-2-4-11(12)14;/h2-4,9,18H,5-8H2,1H3;1H. The van der Waals surface area contributed by atoms with Crippen molar-refractivity contribution in [3.8, 4) is 0 Å². The van der Waals surface area contributed by atoms with Crippen LogP contribution in [0.4, 0.5) is 13.2 Å². The summed E-state index contributed by atoms with van der Waals surface area (Å²) < 4.78 is 65.5. The van der Waals surface area contributed by atoms with E-state index in [-0.39, 0.29) is 31.4 Å². The third-order valence-corrected chi connectivity index (χ3v) is 6.01. The molecule has 10 heteroatoms. The number of hydrogen-bond acceptors (Lipinski definition) is 3. The van der Waals surface area contributed by atoms with E-state index in [1.165, 1.54) is 0 Å². The van der Waals surface area contributed by atoms with E-state index in [1.807, 2.05) is 0 Å². The van der Waals surface area contributed by atoms with Crippen LogP contribution in [0.15, 0.2) is 23.1 Å². The average molecular weight is 393 g/mol. The van der Waals surface area contributed by atoms with E-state index in [2.05, 4.69) is 5.32 Å². The summed E-state index contributed by atoms with van der Waals surface area (Å²) in [6.45, 7) is 0.990. The molecule has 0 saturated carbocycles. The Bertz CT molecular complexity index is 653. The smallest absolute Gasteiger partial charge is 0.319 e. The van der Waals surface area contributed by atoms with Crippen LogP contribution >= 0.6 is 24.0 Å². The molecule has 1 unspecified atom stereocenters. The second kappa shape index (κ2) is 7.57. The second-order valence-electron chi connectivity index (χ2n) is 5.19. The lowest BCUT2D eigenvalue weighted by Crippen LogP contribution is -2.32. The van der Waals surface area contributed by atoms with Crippen molar-refractivity contribution in [3.05, 3.63) is 28.8 Å². The SMILES string of the molecule is CNCC1CCN(S(=O)(=O)c2c(Cl)cccc2C(F)(F)F)C1.Cl. The van der Waals surface area contributed by atoms with Gasteiger partial charge in [0.05, 0.1) is 10.6 Å². The molecule has 1 aromatic rings. The molecule has 1 fully saturated rings. The predicted octanol–water partition coefficient (Wildman–Crippen LogP) is 3.01. The summed E-state index contributed by atoms with van der Waals surface area (Å²) in [7, 11) is -2.54. The molecule has 0 spiro atoms. The van der Waals surface area contributed by atoms with Crippen LogP contribution in [-0.4, -0.2) is 39.4 Å². The molecule has 0 bridgehead atoms. The normalized spacial score (nSPS) is 19.6. The van der Waals surface area contributed by atoms with Crippen LogP contribution in [0.25, 0.3) is 0 Å². The Hall–Kier alpha value is -0.540. The molecule has 0 aliphatic carbocycles. The monoisotopic (exact) mass is 392 g/mol. The van der Waals surface area contributed by atoms with Crippen molar-refractivity contribution in [2.24, 2.45) is 5.92 Å². The fraction of sp³-hybridized carbons (Fsp3) is 0.538. The van der Waals surface area contributed by atoms with Crippen LogP contribution < -0.4 is 5.32 Å². The molecule has 1 N–H and O–H groups in total. The van der Waals surface area contributed by atoms with E-state index in [1.54, 1.807) is 7.05 Å². The largest absolute Gasteiger partial charge is 0.417 e. The second-order valence-corrected chi connectivity index (χ2v) is 7.47. The van der Waals surface area contributed by atoms with E-state index in [0.29, 0.717) is 13.0 Å². The maximum atomic E-state index is 13.1. The quantitative estimate of drug-likeness (QED) is 0.856. The molecule has 0 amide bonds. The topological polar surface area (TPSA) is 49.4 Å². The van der Waals surface area contributed by atoms with Gasteiger partial charge in [0.2, 0.25) is 10.0 Å². The van der Waals surface area contributed by atoms with Gasteiger partial charge in [-0.1, -0.05) is 17.7 Å². The van der Waals surface area contributed by atoms with E-state index < -0.39 is 31.7 Å². The highest BCUT2D eigenvalue weighted by Crippen LogP contribution is 2.39. The summed E-state index contributed by atoms with van der Waals surface area (Å²) in [4.78, 5) is -0.853. The molecule has 1 aliphatic heterocycles. The van der Waals surface area contributed by atoms with E-state index in [4.69, 9.17) is 11.6 Å². The zero-order chi connectivity index (χ0) is 16.5. The molecule has 23 heavy (non-hydrogen) atoms. The van der Waals surface area contributed by atoms with Gasteiger partial charge in [0, 0.05) is 13.1 Å². The number of nitrogens with one attached hydrogen (secondary N) is 1. The van der Waals surface area contributed by atoms with Gasteiger partial charge in [-0.05, 0) is 38.1 Å². The lowest BCUT2D eigenvalue weighted by molar-refractivity contribution is -0.139. The highest BCUT2D eigenvalue weighted by Gasteiger charge is 2.42. The fourth-order valence-corrected chi connectivity index (χ4v) is 4.85. The van der Waals surface area contributed by atoms with Gasteiger partial charge in [0.15, 0.2) is 0 Å². The zero-order valence-corrected chi connectivity index (χ0v) is 14.6. The number of hydrogen-bond donors (Lipinski definition) is 1. The van der Waals surface area contributed by atoms with Crippen molar-refractivity contribution in [2.75, 3.05) is 26.7 Å². The lowest BCUT2D eigenvalue weighted by atomic mass is 10.1. The zero-order valence-electron chi connectivity index (χ0n) is 12.2. The van der Waals surface area contributed by atoms with Crippen molar-refractivity contribution in [1.29, 1.82) is 0 Å². The Morgan fingerprint density at radius 1 is 1.39 bits per heavy atom. The first-order chi connectivity index (χ1) is 10.2. The molecule has 1 atom stereocenters. The van der Waals surface area contributed by atoms with Crippen molar-refractivity contribution in [1.82, 2.24) is 9.62 Å². The Labute approximate surface area is 144 Å². The summed E-state index contributed by atoms with van der Waals surface area (Å²) in [5, 5.41) is 2.53. The minimum Gasteiger partial charge on any atom is -0.319 e. The Balaban J connectivity index is 0.00000264. The molecule has 1 heterocycles. The van der Waals surface area contributed by atoms with E-state index in [9.17, 15) is 21.6 Å². The first-order valence-electron chi connectivity index (χ1n) is 6.68. The third-order valence-electron chi connectivity index (χ3n) is 3.61. The maximum Gasteiger partial charge on any atom is 0.417 e. The van der Waals surface area contributed by atoms with E-state index in [0.717, 1.165) is 22.5 Å². The van der Waals surface area contributed by atoms with Crippen molar-refractivity contribution < 1.29 is 21.6 Å². The molecule has 132 valence electrons. The molecular formula is C13H17Cl2F3N2O2S. The van der Waals surface area contributed by atoms with Crippen LogP contribution in [0.1, 0.15) is 12.0 Å². The first-order valence-corrected chi connectivity index (χ1v) is 8.50. The van der Waals surface area contributed by atoms with Crippen LogP contribution in [-0.2, 0) is 16.2 Å². The number of rotatable bonds is 4. The van der Waals surface area contributed by atoms with Gasteiger partial charge in [-0.3, -0.25) is 0 Å². The van der Waals surface area contributed by atoms with Crippen molar-refractivity contribution in [2.45, 2.75) is 17.5 Å². The number of sulfonamides is 1.